The molecule has 0 radical (unpaired) electrons. The standard InChI is InChI=1S/C16H29N3/c1-5-10-17-13(4)16(8-9-16)12-15-11-14(6-2)18-19(15)7-3/h11,13,17H,5-10,12H2,1-4H3. The van der Waals surface area contributed by atoms with Gasteiger partial charge in [-0.25, -0.2) is 0 Å². The molecule has 19 heavy (non-hydrogen) atoms. The summed E-state index contributed by atoms with van der Waals surface area (Å²) in [5, 5.41) is 8.36. The van der Waals surface area contributed by atoms with Crippen molar-refractivity contribution in [2.75, 3.05) is 6.54 Å². The Hall–Kier alpha value is -0.830. The van der Waals surface area contributed by atoms with Gasteiger partial charge in [-0.2, -0.15) is 5.10 Å². The van der Waals surface area contributed by atoms with Gasteiger partial charge in [0.1, 0.15) is 0 Å². The van der Waals surface area contributed by atoms with Crippen molar-refractivity contribution in [3.8, 4) is 0 Å². The minimum Gasteiger partial charge on any atom is -0.314 e. The Morgan fingerprint density at radius 2 is 2.11 bits per heavy atom. The van der Waals surface area contributed by atoms with Gasteiger partial charge in [0.15, 0.2) is 0 Å². The van der Waals surface area contributed by atoms with Gasteiger partial charge >= 0.3 is 0 Å². The molecule has 1 atom stereocenters. The Labute approximate surface area is 117 Å². The third-order valence-electron chi connectivity index (χ3n) is 4.62. The largest absolute Gasteiger partial charge is 0.314 e. The van der Waals surface area contributed by atoms with Crippen molar-refractivity contribution in [2.45, 2.75) is 72.4 Å². The molecule has 0 spiro atoms. The molecular formula is C16H29N3. The molecule has 2 rings (SSSR count). The summed E-state index contributed by atoms with van der Waals surface area (Å²) in [7, 11) is 0. The Bertz CT molecular complexity index is 404. The minimum absolute atomic E-state index is 0.493. The molecule has 0 saturated heterocycles. The number of nitrogens with zero attached hydrogens (tertiary/aromatic N) is 2. The van der Waals surface area contributed by atoms with Gasteiger partial charge < -0.3 is 5.32 Å². The third-order valence-corrected chi connectivity index (χ3v) is 4.62. The fourth-order valence-corrected chi connectivity index (χ4v) is 2.97. The molecule has 3 heteroatoms. The van der Waals surface area contributed by atoms with Gasteiger partial charge in [-0.15, -0.1) is 0 Å². The zero-order valence-electron chi connectivity index (χ0n) is 13.0. The highest BCUT2D eigenvalue weighted by Crippen LogP contribution is 2.51. The average molecular weight is 263 g/mol. The van der Waals surface area contributed by atoms with Crippen molar-refractivity contribution in [1.29, 1.82) is 0 Å². The van der Waals surface area contributed by atoms with Crippen molar-refractivity contribution in [3.05, 3.63) is 17.5 Å². The van der Waals surface area contributed by atoms with Crippen LogP contribution in [0.15, 0.2) is 6.07 Å². The first-order valence-corrected chi connectivity index (χ1v) is 7.94. The summed E-state index contributed by atoms with van der Waals surface area (Å²) in [6.45, 7) is 11.1. The van der Waals surface area contributed by atoms with Crippen LogP contribution in [0.4, 0.5) is 0 Å². The summed E-state index contributed by atoms with van der Waals surface area (Å²) in [4.78, 5) is 0. The molecule has 108 valence electrons. The van der Waals surface area contributed by atoms with E-state index in [-0.39, 0.29) is 0 Å². The third kappa shape index (κ3) is 3.19. The van der Waals surface area contributed by atoms with E-state index in [0.717, 1.165) is 19.5 Å². The number of aromatic nitrogens is 2. The number of hydrogen-bond donors (Lipinski definition) is 1. The zero-order chi connectivity index (χ0) is 13.9. The first kappa shape index (κ1) is 14.6. The van der Waals surface area contributed by atoms with Crippen molar-refractivity contribution < 1.29 is 0 Å². The number of rotatable bonds is 8. The first-order valence-electron chi connectivity index (χ1n) is 7.94. The normalized spacial score (nSPS) is 18.5. The first-order chi connectivity index (χ1) is 9.15. The van der Waals surface area contributed by atoms with Crippen molar-refractivity contribution in [2.24, 2.45) is 5.41 Å². The maximum absolute atomic E-state index is 4.68. The van der Waals surface area contributed by atoms with E-state index >= 15 is 0 Å². The molecule has 0 amide bonds. The summed E-state index contributed by atoms with van der Waals surface area (Å²) >= 11 is 0. The Morgan fingerprint density at radius 1 is 1.37 bits per heavy atom. The van der Waals surface area contributed by atoms with Crippen LogP contribution in [0.2, 0.25) is 0 Å². The van der Waals surface area contributed by atoms with Crippen LogP contribution in [-0.2, 0) is 19.4 Å². The number of hydrogen-bond acceptors (Lipinski definition) is 2. The average Bonchev–Trinajstić information content (AvgIpc) is 3.09. The lowest BCUT2D eigenvalue weighted by Crippen LogP contribution is -2.37. The molecule has 3 nitrogen and oxygen atoms in total. The van der Waals surface area contributed by atoms with Gasteiger partial charge in [-0.3, -0.25) is 4.68 Å². The topological polar surface area (TPSA) is 29.9 Å². The van der Waals surface area contributed by atoms with Gasteiger partial charge in [0.05, 0.1) is 5.69 Å². The van der Waals surface area contributed by atoms with Gasteiger partial charge in [0.2, 0.25) is 0 Å². The summed E-state index contributed by atoms with van der Waals surface area (Å²) in [6.07, 6.45) is 6.16. The lowest BCUT2D eigenvalue weighted by atomic mass is 9.91. The van der Waals surface area contributed by atoms with E-state index in [4.69, 9.17) is 0 Å². The summed E-state index contributed by atoms with van der Waals surface area (Å²) < 4.78 is 2.20. The van der Waals surface area contributed by atoms with Crippen molar-refractivity contribution >= 4 is 0 Å². The monoisotopic (exact) mass is 263 g/mol. The second kappa shape index (κ2) is 6.08. The highest BCUT2D eigenvalue weighted by molar-refractivity contribution is 5.16. The molecule has 1 aromatic heterocycles. The molecule has 1 aromatic rings. The van der Waals surface area contributed by atoms with Crippen LogP contribution < -0.4 is 5.32 Å². The smallest absolute Gasteiger partial charge is 0.0624 e. The predicted octanol–water partition coefficient (Wildman–Crippen LogP) is 3.18. The fraction of sp³-hybridized carbons (Fsp3) is 0.812. The van der Waals surface area contributed by atoms with Gasteiger partial charge in [0, 0.05) is 18.3 Å². The van der Waals surface area contributed by atoms with Crippen LogP contribution in [0.3, 0.4) is 0 Å². The van der Waals surface area contributed by atoms with Crippen LogP contribution in [-0.4, -0.2) is 22.4 Å². The van der Waals surface area contributed by atoms with Crippen molar-refractivity contribution in [3.63, 3.8) is 0 Å². The van der Waals surface area contributed by atoms with Crippen molar-refractivity contribution in [1.82, 2.24) is 15.1 Å². The number of nitrogens with one attached hydrogen (secondary N) is 1. The predicted molar refractivity (Wildman–Crippen MR) is 80.4 cm³/mol. The maximum atomic E-state index is 4.68. The maximum Gasteiger partial charge on any atom is 0.0624 e. The van der Waals surface area contributed by atoms with Crippen LogP contribution in [0.5, 0.6) is 0 Å². The molecule has 1 heterocycles. The molecule has 1 saturated carbocycles. The van der Waals surface area contributed by atoms with E-state index in [9.17, 15) is 0 Å². The molecular weight excluding hydrogens is 234 g/mol. The zero-order valence-corrected chi connectivity index (χ0v) is 13.0. The molecule has 0 aromatic carbocycles. The summed E-state index contributed by atoms with van der Waals surface area (Å²) in [6, 6.07) is 2.94. The van der Waals surface area contributed by atoms with Gasteiger partial charge in [-0.1, -0.05) is 13.8 Å². The Balaban J connectivity index is 2.05. The highest BCUT2D eigenvalue weighted by Gasteiger charge is 2.47. The second-order valence-electron chi connectivity index (χ2n) is 6.01. The Morgan fingerprint density at radius 3 is 2.63 bits per heavy atom. The molecule has 1 fully saturated rings. The molecule has 1 aliphatic carbocycles. The minimum atomic E-state index is 0.493. The second-order valence-corrected chi connectivity index (χ2v) is 6.01. The molecule has 1 unspecified atom stereocenters. The highest BCUT2D eigenvalue weighted by atomic mass is 15.3. The van der Waals surface area contributed by atoms with Crippen LogP contribution in [0.1, 0.15) is 58.3 Å². The SMILES string of the molecule is CCCNC(C)C1(Cc2cc(CC)nn2CC)CC1. The molecule has 1 N–H and O–H groups in total. The molecule has 0 aliphatic heterocycles. The quantitative estimate of drug-likeness (QED) is 0.780. The molecule has 0 bridgehead atoms. The molecule has 1 aliphatic rings. The van der Waals surface area contributed by atoms with Gasteiger partial charge in [0.25, 0.3) is 0 Å². The van der Waals surface area contributed by atoms with E-state index in [1.807, 2.05) is 0 Å². The van der Waals surface area contributed by atoms with E-state index < -0.39 is 0 Å². The van der Waals surface area contributed by atoms with E-state index in [1.54, 1.807) is 0 Å². The van der Waals surface area contributed by atoms with Crippen LogP contribution in [0.25, 0.3) is 0 Å². The number of aryl methyl sites for hydroxylation is 2. The van der Waals surface area contributed by atoms with Gasteiger partial charge in [-0.05, 0) is 64.0 Å². The van der Waals surface area contributed by atoms with E-state index in [1.165, 1.54) is 37.1 Å². The lowest BCUT2D eigenvalue weighted by Gasteiger charge is -2.24. The summed E-state index contributed by atoms with van der Waals surface area (Å²) in [5.41, 5.74) is 3.16. The summed E-state index contributed by atoms with van der Waals surface area (Å²) in [5.74, 6) is 0. The van der Waals surface area contributed by atoms with E-state index in [0.29, 0.717) is 11.5 Å². The Kier molecular flexibility index (Phi) is 4.67. The van der Waals surface area contributed by atoms with E-state index in [2.05, 4.69) is 48.9 Å². The lowest BCUT2D eigenvalue weighted by molar-refractivity contribution is 0.342. The van der Waals surface area contributed by atoms with Crippen LogP contribution in [0, 0.1) is 5.41 Å². The van der Waals surface area contributed by atoms with Crippen LogP contribution >= 0.6 is 0 Å². The fourth-order valence-electron chi connectivity index (χ4n) is 2.97.